The molecule has 0 saturated heterocycles. The molecule has 208 valence electrons. The first-order chi connectivity index (χ1) is 18.5. The minimum atomic E-state index is -3.87. The molecule has 0 spiro atoms. The molecule has 0 unspecified atom stereocenters. The number of halogens is 2. The van der Waals surface area contributed by atoms with E-state index < -0.39 is 40.2 Å². The summed E-state index contributed by atoms with van der Waals surface area (Å²) >= 11 is 3.33. The first kappa shape index (κ1) is 30.3. The van der Waals surface area contributed by atoms with Crippen molar-refractivity contribution in [1.29, 1.82) is 0 Å². The standard InChI is InChI=1S/C29H33BrFN3O4S/c1-21(2)18-32-29(36)27(17-22-9-5-4-6-10-22)33(19-23-11-7-8-12-26(23)31)28(35)20-34(39(3,37)38)25-15-13-24(30)14-16-25/h4-16,21,27H,17-20H2,1-3H3,(H,32,36)/t27-/m1/s1. The Hall–Kier alpha value is -3.24. The number of amides is 2. The molecule has 2 amide bonds. The van der Waals surface area contributed by atoms with Gasteiger partial charge in [-0.1, -0.05) is 78.3 Å². The van der Waals surface area contributed by atoms with E-state index in [1.807, 2.05) is 44.2 Å². The number of nitrogens with one attached hydrogen (secondary N) is 1. The SMILES string of the molecule is CC(C)CNC(=O)[C@@H](Cc1ccccc1)N(Cc1ccccc1F)C(=O)CN(c1ccc(Br)cc1)S(C)(=O)=O. The fraction of sp³-hybridized carbons (Fsp3) is 0.310. The Morgan fingerprint density at radius 3 is 2.15 bits per heavy atom. The molecule has 39 heavy (non-hydrogen) atoms. The van der Waals surface area contributed by atoms with Gasteiger partial charge < -0.3 is 10.2 Å². The summed E-state index contributed by atoms with van der Waals surface area (Å²) in [5.74, 6) is -1.39. The highest BCUT2D eigenvalue weighted by Crippen LogP contribution is 2.23. The van der Waals surface area contributed by atoms with Gasteiger partial charge >= 0.3 is 0 Å². The zero-order chi connectivity index (χ0) is 28.6. The van der Waals surface area contributed by atoms with E-state index >= 15 is 0 Å². The number of anilines is 1. The quantitative estimate of drug-likeness (QED) is 0.317. The number of rotatable bonds is 12. The maximum Gasteiger partial charge on any atom is 0.244 e. The molecule has 1 N–H and O–H groups in total. The summed E-state index contributed by atoms with van der Waals surface area (Å²) in [6.45, 7) is 3.53. The molecule has 3 aromatic rings. The van der Waals surface area contributed by atoms with Crippen LogP contribution in [-0.2, 0) is 32.6 Å². The summed E-state index contributed by atoms with van der Waals surface area (Å²) in [4.78, 5) is 28.7. The summed E-state index contributed by atoms with van der Waals surface area (Å²) in [6.07, 6.45) is 1.18. The molecule has 0 bridgehead atoms. The minimum absolute atomic E-state index is 0.167. The number of nitrogens with zero attached hydrogens (tertiary/aromatic N) is 2. The van der Waals surface area contributed by atoms with Gasteiger partial charge in [0.25, 0.3) is 0 Å². The van der Waals surface area contributed by atoms with Crippen LogP contribution in [0.15, 0.2) is 83.3 Å². The third-order valence-electron chi connectivity index (χ3n) is 6.05. The summed E-state index contributed by atoms with van der Waals surface area (Å²) in [7, 11) is -3.87. The summed E-state index contributed by atoms with van der Waals surface area (Å²) < 4.78 is 42.0. The summed E-state index contributed by atoms with van der Waals surface area (Å²) in [5.41, 5.74) is 1.32. The number of carbonyl (C=O) groups excluding carboxylic acids is 2. The molecule has 10 heteroatoms. The van der Waals surface area contributed by atoms with Crippen LogP contribution >= 0.6 is 15.9 Å². The zero-order valence-corrected chi connectivity index (χ0v) is 24.6. The predicted octanol–water partition coefficient (Wildman–Crippen LogP) is 4.77. The van der Waals surface area contributed by atoms with Crippen LogP contribution in [0.2, 0.25) is 0 Å². The van der Waals surface area contributed by atoms with Crippen molar-refractivity contribution in [3.05, 3.63) is 100 Å². The normalized spacial score (nSPS) is 12.2. The Morgan fingerprint density at radius 1 is 0.949 bits per heavy atom. The molecular weight excluding hydrogens is 585 g/mol. The van der Waals surface area contributed by atoms with Gasteiger partial charge in [0.2, 0.25) is 21.8 Å². The molecule has 3 rings (SSSR count). The van der Waals surface area contributed by atoms with Crippen molar-refractivity contribution in [2.75, 3.05) is 23.7 Å². The van der Waals surface area contributed by atoms with Crippen molar-refractivity contribution in [2.24, 2.45) is 5.92 Å². The van der Waals surface area contributed by atoms with E-state index in [2.05, 4.69) is 21.2 Å². The lowest BCUT2D eigenvalue weighted by Crippen LogP contribution is -2.53. The fourth-order valence-corrected chi connectivity index (χ4v) is 5.12. The Morgan fingerprint density at radius 2 is 1.56 bits per heavy atom. The molecule has 0 heterocycles. The van der Waals surface area contributed by atoms with Crippen LogP contribution in [0.5, 0.6) is 0 Å². The molecule has 0 aliphatic heterocycles. The lowest BCUT2D eigenvalue weighted by atomic mass is 10.0. The third kappa shape index (κ3) is 8.90. The van der Waals surface area contributed by atoms with Gasteiger partial charge in [-0.25, -0.2) is 12.8 Å². The molecule has 7 nitrogen and oxygen atoms in total. The third-order valence-corrected chi connectivity index (χ3v) is 7.72. The van der Waals surface area contributed by atoms with E-state index in [1.54, 1.807) is 42.5 Å². The molecule has 0 aliphatic carbocycles. The molecule has 0 saturated carbocycles. The van der Waals surface area contributed by atoms with Gasteiger partial charge in [-0.15, -0.1) is 0 Å². The van der Waals surface area contributed by atoms with E-state index in [-0.39, 0.29) is 24.4 Å². The summed E-state index contributed by atoms with van der Waals surface area (Å²) in [5, 5.41) is 2.90. The topological polar surface area (TPSA) is 86.8 Å². The molecule has 1 atom stereocenters. The van der Waals surface area contributed by atoms with Crippen LogP contribution in [0.25, 0.3) is 0 Å². The van der Waals surface area contributed by atoms with Gasteiger partial charge in [-0.2, -0.15) is 0 Å². The average Bonchev–Trinajstić information content (AvgIpc) is 2.89. The monoisotopic (exact) mass is 617 g/mol. The van der Waals surface area contributed by atoms with Gasteiger partial charge in [0.15, 0.2) is 0 Å². The van der Waals surface area contributed by atoms with E-state index in [1.165, 1.54) is 11.0 Å². The highest BCUT2D eigenvalue weighted by atomic mass is 79.9. The van der Waals surface area contributed by atoms with Crippen molar-refractivity contribution in [3.8, 4) is 0 Å². The van der Waals surface area contributed by atoms with Crippen LogP contribution in [0.4, 0.5) is 10.1 Å². The number of carbonyl (C=O) groups is 2. The van der Waals surface area contributed by atoms with Crippen molar-refractivity contribution < 1.29 is 22.4 Å². The lowest BCUT2D eigenvalue weighted by molar-refractivity contribution is -0.140. The van der Waals surface area contributed by atoms with Crippen LogP contribution in [-0.4, -0.2) is 50.5 Å². The van der Waals surface area contributed by atoms with Crippen LogP contribution in [0.1, 0.15) is 25.0 Å². The van der Waals surface area contributed by atoms with Crippen LogP contribution in [0, 0.1) is 11.7 Å². The molecule has 3 aromatic carbocycles. The number of sulfonamides is 1. The van der Waals surface area contributed by atoms with E-state index in [0.717, 1.165) is 20.6 Å². The highest BCUT2D eigenvalue weighted by molar-refractivity contribution is 9.10. The van der Waals surface area contributed by atoms with Crippen molar-refractivity contribution in [3.63, 3.8) is 0 Å². The zero-order valence-electron chi connectivity index (χ0n) is 22.2. The van der Waals surface area contributed by atoms with Crippen LogP contribution < -0.4 is 9.62 Å². The molecule has 0 fully saturated rings. The second-order valence-corrected chi connectivity index (χ2v) is 12.5. The number of benzene rings is 3. The Kier molecular flexibility index (Phi) is 10.7. The number of hydrogen-bond acceptors (Lipinski definition) is 4. The highest BCUT2D eigenvalue weighted by Gasteiger charge is 2.33. The van der Waals surface area contributed by atoms with Gasteiger partial charge in [-0.3, -0.25) is 13.9 Å². The fourth-order valence-electron chi connectivity index (χ4n) is 4.01. The van der Waals surface area contributed by atoms with Crippen LogP contribution in [0.3, 0.4) is 0 Å². The molecule has 0 aliphatic rings. The van der Waals surface area contributed by atoms with Crippen molar-refractivity contribution >= 4 is 43.5 Å². The van der Waals surface area contributed by atoms with Crippen molar-refractivity contribution in [2.45, 2.75) is 32.9 Å². The van der Waals surface area contributed by atoms with Gasteiger partial charge in [-0.05, 0) is 41.8 Å². The lowest BCUT2D eigenvalue weighted by Gasteiger charge is -2.33. The average molecular weight is 619 g/mol. The maximum absolute atomic E-state index is 14.8. The molecular formula is C29H33BrFN3O4S. The van der Waals surface area contributed by atoms with Gasteiger partial charge in [0.1, 0.15) is 18.4 Å². The smallest absolute Gasteiger partial charge is 0.244 e. The minimum Gasteiger partial charge on any atom is -0.354 e. The van der Waals surface area contributed by atoms with E-state index in [0.29, 0.717) is 12.2 Å². The number of hydrogen-bond donors (Lipinski definition) is 1. The molecule has 0 radical (unpaired) electrons. The predicted molar refractivity (Wildman–Crippen MR) is 155 cm³/mol. The van der Waals surface area contributed by atoms with E-state index in [4.69, 9.17) is 0 Å². The van der Waals surface area contributed by atoms with Crippen molar-refractivity contribution in [1.82, 2.24) is 10.2 Å². The first-order valence-corrected chi connectivity index (χ1v) is 15.2. The second-order valence-electron chi connectivity index (χ2n) is 9.70. The van der Waals surface area contributed by atoms with E-state index in [9.17, 15) is 22.4 Å². The Bertz CT molecular complexity index is 1370. The maximum atomic E-state index is 14.8. The molecule has 0 aromatic heterocycles. The summed E-state index contributed by atoms with van der Waals surface area (Å²) in [6, 6.07) is 20.7. The Labute approximate surface area is 238 Å². The van der Waals surface area contributed by atoms with Gasteiger partial charge in [0.05, 0.1) is 11.9 Å². The first-order valence-electron chi connectivity index (χ1n) is 12.5. The second kappa shape index (κ2) is 13.7. The largest absolute Gasteiger partial charge is 0.354 e. The van der Waals surface area contributed by atoms with Gasteiger partial charge in [0, 0.05) is 29.5 Å². The Balaban J connectivity index is 2.05.